The number of aliphatic hydroxyl groups is 1. The Morgan fingerprint density at radius 1 is 1.19 bits per heavy atom. The van der Waals surface area contributed by atoms with Gasteiger partial charge in [0.2, 0.25) is 0 Å². The quantitative estimate of drug-likeness (QED) is 0.790. The molecule has 2 aromatic carbocycles. The summed E-state index contributed by atoms with van der Waals surface area (Å²) in [6.45, 7) is 0. The molecule has 0 aromatic heterocycles. The highest BCUT2D eigenvalue weighted by molar-refractivity contribution is 5.97. The molecule has 0 bridgehead atoms. The van der Waals surface area contributed by atoms with E-state index in [1.807, 2.05) is 24.3 Å². The van der Waals surface area contributed by atoms with Crippen molar-refractivity contribution in [3.05, 3.63) is 65.0 Å². The Morgan fingerprint density at radius 3 is 2.71 bits per heavy atom. The molecule has 21 heavy (non-hydrogen) atoms. The first kappa shape index (κ1) is 13.6. The minimum atomic E-state index is -0.798. The molecule has 4 nitrogen and oxygen atoms in total. The number of rotatable bonds is 2. The third-order valence-electron chi connectivity index (χ3n) is 3.71. The number of halogens is 1. The van der Waals surface area contributed by atoms with Crippen LogP contribution in [0.15, 0.2) is 42.5 Å². The van der Waals surface area contributed by atoms with Gasteiger partial charge in [-0.2, -0.15) is 0 Å². The molecule has 3 rings (SSSR count). The highest BCUT2D eigenvalue weighted by Crippen LogP contribution is 2.32. The number of nitrogens with one attached hydrogen (secondary N) is 1. The Bertz CT molecular complexity index is 681. The highest BCUT2D eigenvalue weighted by atomic mass is 19.1. The number of fused-ring (bicyclic) bond motifs is 1. The minimum Gasteiger partial charge on any atom is -0.507 e. The molecule has 1 amide bonds. The van der Waals surface area contributed by atoms with Crippen LogP contribution in [0.1, 0.15) is 27.5 Å². The summed E-state index contributed by atoms with van der Waals surface area (Å²) in [6, 6.07) is 10.4. The molecule has 0 heterocycles. The largest absolute Gasteiger partial charge is 0.507 e. The number of aliphatic hydroxyl groups excluding tert-OH is 1. The van der Waals surface area contributed by atoms with Crippen molar-refractivity contribution in [2.45, 2.75) is 18.6 Å². The Kier molecular flexibility index (Phi) is 3.35. The van der Waals surface area contributed by atoms with E-state index in [4.69, 9.17) is 0 Å². The van der Waals surface area contributed by atoms with Gasteiger partial charge in [0.05, 0.1) is 12.1 Å². The first-order chi connectivity index (χ1) is 10.1. The van der Waals surface area contributed by atoms with E-state index in [1.54, 1.807) is 0 Å². The molecule has 0 spiro atoms. The van der Waals surface area contributed by atoms with E-state index in [2.05, 4.69) is 5.32 Å². The first-order valence-corrected chi connectivity index (χ1v) is 6.62. The van der Waals surface area contributed by atoms with Gasteiger partial charge in [0, 0.05) is 6.42 Å². The van der Waals surface area contributed by atoms with E-state index in [1.165, 1.54) is 12.1 Å². The van der Waals surface area contributed by atoms with Crippen molar-refractivity contribution in [2.24, 2.45) is 0 Å². The van der Waals surface area contributed by atoms with E-state index in [-0.39, 0.29) is 0 Å². The maximum Gasteiger partial charge on any atom is 0.258 e. The van der Waals surface area contributed by atoms with E-state index in [9.17, 15) is 19.4 Å². The molecule has 1 aliphatic carbocycles. The van der Waals surface area contributed by atoms with Crippen LogP contribution in [0.5, 0.6) is 5.75 Å². The summed E-state index contributed by atoms with van der Waals surface area (Å²) in [7, 11) is 0. The average Bonchev–Trinajstić information content (AvgIpc) is 2.75. The lowest BCUT2D eigenvalue weighted by Crippen LogP contribution is -2.34. The molecule has 1 aliphatic rings. The second kappa shape index (κ2) is 5.18. The van der Waals surface area contributed by atoms with Crippen LogP contribution in [0.2, 0.25) is 0 Å². The average molecular weight is 287 g/mol. The van der Waals surface area contributed by atoms with Crippen LogP contribution in [-0.2, 0) is 6.42 Å². The Hall–Kier alpha value is -2.40. The van der Waals surface area contributed by atoms with Crippen molar-refractivity contribution >= 4 is 5.91 Å². The fourth-order valence-corrected chi connectivity index (χ4v) is 2.70. The zero-order valence-corrected chi connectivity index (χ0v) is 11.1. The van der Waals surface area contributed by atoms with Crippen LogP contribution in [0.25, 0.3) is 0 Å². The molecular weight excluding hydrogens is 273 g/mol. The molecule has 2 atom stereocenters. The number of hydrogen-bond donors (Lipinski definition) is 3. The monoisotopic (exact) mass is 287 g/mol. The number of carbonyl (C=O) groups excluding carboxylic acids is 1. The third kappa shape index (κ3) is 2.36. The van der Waals surface area contributed by atoms with Crippen molar-refractivity contribution in [1.29, 1.82) is 0 Å². The Morgan fingerprint density at radius 2 is 1.95 bits per heavy atom. The molecule has 2 aromatic rings. The lowest BCUT2D eigenvalue weighted by atomic mass is 10.1. The van der Waals surface area contributed by atoms with E-state index >= 15 is 0 Å². The number of phenolic OH excluding ortho intramolecular Hbond substituents is 1. The molecular formula is C16H14FNO3. The van der Waals surface area contributed by atoms with Crippen molar-refractivity contribution < 1.29 is 19.4 Å². The molecule has 0 fully saturated rings. The molecule has 3 N–H and O–H groups in total. The number of amides is 1. The minimum absolute atomic E-state index is 0.408. The summed E-state index contributed by atoms with van der Waals surface area (Å²) in [6.07, 6.45) is -0.329. The lowest BCUT2D eigenvalue weighted by Gasteiger charge is -2.18. The molecule has 0 unspecified atom stereocenters. The maximum absolute atomic E-state index is 13.7. The molecule has 0 saturated carbocycles. The van der Waals surface area contributed by atoms with Crippen LogP contribution in [0.4, 0.5) is 4.39 Å². The van der Waals surface area contributed by atoms with Crippen LogP contribution in [-0.4, -0.2) is 22.2 Å². The smallest absolute Gasteiger partial charge is 0.258 e. The summed E-state index contributed by atoms with van der Waals surface area (Å²) in [5.74, 6) is -1.96. The Balaban J connectivity index is 1.89. The second-order valence-corrected chi connectivity index (χ2v) is 5.06. The molecule has 108 valence electrons. The van der Waals surface area contributed by atoms with Crippen LogP contribution < -0.4 is 5.32 Å². The van der Waals surface area contributed by atoms with Gasteiger partial charge in [-0.15, -0.1) is 0 Å². The fourth-order valence-electron chi connectivity index (χ4n) is 2.70. The van der Waals surface area contributed by atoms with Crippen molar-refractivity contribution in [1.82, 2.24) is 5.32 Å². The van der Waals surface area contributed by atoms with Gasteiger partial charge in [-0.3, -0.25) is 4.79 Å². The third-order valence-corrected chi connectivity index (χ3v) is 3.71. The van der Waals surface area contributed by atoms with E-state index in [0.29, 0.717) is 6.42 Å². The SMILES string of the molecule is O=C(N[C@@H]1c2ccccc2C[C@@H]1O)c1c(O)cccc1F. The first-order valence-electron chi connectivity index (χ1n) is 6.62. The van der Waals surface area contributed by atoms with Gasteiger partial charge in [-0.1, -0.05) is 30.3 Å². The lowest BCUT2D eigenvalue weighted by molar-refractivity contribution is 0.0851. The van der Waals surface area contributed by atoms with Gasteiger partial charge < -0.3 is 15.5 Å². The van der Waals surface area contributed by atoms with Crippen LogP contribution in [0, 0.1) is 5.82 Å². The summed E-state index contributed by atoms with van der Waals surface area (Å²) in [4.78, 5) is 12.2. The van der Waals surface area contributed by atoms with Gasteiger partial charge in [-0.25, -0.2) is 4.39 Å². The number of benzene rings is 2. The van der Waals surface area contributed by atoms with Gasteiger partial charge in [0.25, 0.3) is 5.91 Å². The summed E-state index contributed by atoms with van der Waals surface area (Å²) >= 11 is 0. The standard InChI is InChI=1S/C16H14FNO3/c17-11-6-3-7-12(19)14(11)16(21)18-15-10-5-2-1-4-9(10)8-13(15)20/h1-7,13,15,19-20H,8H2,(H,18,21)/t13-,15+/m0/s1. The van der Waals surface area contributed by atoms with Gasteiger partial charge in [0.1, 0.15) is 17.1 Å². The van der Waals surface area contributed by atoms with Crippen LogP contribution in [0.3, 0.4) is 0 Å². The number of hydrogen-bond acceptors (Lipinski definition) is 3. The fraction of sp³-hybridized carbons (Fsp3) is 0.188. The molecule has 0 aliphatic heterocycles. The number of carbonyl (C=O) groups is 1. The van der Waals surface area contributed by atoms with Crippen molar-refractivity contribution in [3.63, 3.8) is 0 Å². The molecule has 0 radical (unpaired) electrons. The van der Waals surface area contributed by atoms with Gasteiger partial charge in [-0.05, 0) is 23.3 Å². The van der Waals surface area contributed by atoms with E-state index < -0.39 is 35.2 Å². The van der Waals surface area contributed by atoms with Crippen molar-refractivity contribution in [3.8, 4) is 5.75 Å². The second-order valence-electron chi connectivity index (χ2n) is 5.06. The number of aromatic hydroxyl groups is 1. The molecule has 0 saturated heterocycles. The predicted molar refractivity (Wildman–Crippen MR) is 74.4 cm³/mol. The van der Waals surface area contributed by atoms with Crippen molar-refractivity contribution in [2.75, 3.05) is 0 Å². The van der Waals surface area contributed by atoms with Gasteiger partial charge in [0.15, 0.2) is 0 Å². The zero-order chi connectivity index (χ0) is 15.0. The summed E-state index contributed by atoms with van der Waals surface area (Å²) < 4.78 is 13.7. The topological polar surface area (TPSA) is 69.6 Å². The highest BCUT2D eigenvalue weighted by Gasteiger charge is 2.33. The zero-order valence-electron chi connectivity index (χ0n) is 11.1. The summed E-state index contributed by atoms with van der Waals surface area (Å²) in [5, 5.41) is 22.3. The predicted octanol–water partition coefficient (Wildman–Crippen LogP) is 1.92. The number of phenols is 1. The van der Waals surface area contributed by atoms with Gasteiger partial charge >= 0.3 is 0 Å². The van der Waals surface area contributed by atoms with Crippen LogP contribution >= 0.6 is 0 Å². The Labute approximate surface area is 120 Å². The molecule has 5 heteroatoms. The normalized spacial score (nSPS) is 20.1. The van der Waals surface area contributed by atoms with E-state index in [0.717, 1.165) is 17.2 Å². The maximum atomic E-state index is 13.7. The summed E-state index contributed by atoms with van der Waals surface area (Å²) in [5.41, 5.74) is 1.36.